The molecule has 0 bridgehead atoms. The van der Waals surface area contributed by atoms with E-state index in [1.54, 1.807) is 6.92 Å². The van der Waals surface area contributed by atoms with Gasteiger partial charge in [-0.1, -0.05) is 11.6 Å². The molecule has 0 saturated carbocycles. The molecular formula is C21H12ClF6NO4. The lowest BCUT2D eigenvalue weighted by atomic mass is 10.0. The fourth-order valence-corrected chi connectivity index (χ4v) is 2.84. The highest BCUT2D eigenvalue weighted by Crippen LogP contribution is 2.40. The summed E-state index contributed by atoms with van der Waals surface area (Å²) in [4.78, 5) is 15.3. The second kappa shape index (κ2) is 9.99. The molecule has 33 heavy (non-hydrogen) atoms. The van der Waals surface area contributed by atoms with E-state index in [2.05, 4.69) is 4.98 Å². The number of hydrogen-bond acceptors (Lipinski definition) is 5. The molecule has 0 aliphatic heterocycles. The number of nitrogens with zero attached hydrogens (tertiary/aromatic N) is 1. The zero-order valence-electron chi connectivity index (χ0n) is 16.5. The molecular weight excluding hydrogens is 480 g/mol. The van der Waals surface area contributed by atoms with E-state index in [0.29, 0.717) is 12.1 Å². The summed E-state index contributed by atoms with van der Waals surface area (Å²) in [6.07, 6.45) is 1.29. The van der Waals surface area contributed by atoms with Crippen LogP contribution in [0.4, 0.5) is 26.3 Å². The third-order valence-electron chi connectivity index (χ3n) is 4.09. The molecule has 0 N–H and O–H groups in total. The molecule has 0 spiro atoms. The maximum absolute atomic E-state index is 14.4. The van der Waals surface area contributed by atoms with E-state index in [9.17, 15) is 31.1 Å². The minimum atomic E-state index is -2.39. The van der Waals surface area contributed by atoms with Crippen molar-refractivity contribution >= 4 is 17.6 Å². The maximum Gasteiger partial charge on any atom is 0.344 e. The van der Waals surface area contributed by atoms with Gasteiger partial charge in [0.25, 0.3) is 5.88 Å². The predicted octanol–water partition coefficient (Wildman–Crippen LogP) is 5.97. The number of carbonyl (C=O) groups is 1. The molecule has 174 valence electrons. The number of aromatic nitrogens is 1. The van der Waals surface area contributed by atoms with Crippen LogP contribution in [0, 0.1) is 34.9 Å². The quantitative estimate of drug-likeness (QED) is 0.176. The van der Waals surface area contributed by atoms with E-state index in [1.807, 2.05) is 0 Å². The molecule has 5 nitrogen and oxygen atoms in total. The first-order chi connectivity index (χ1) is 15.6. The van der Waals surface area contributed by atoms with E-state index >= 15 is 0 Å². The Morgan fingerprint density at radius 2 is 1.61 bits per heavy atom. The van der Waals surface area contributed by atoms with Crippen LogP contribution in [-0.2, 0) is 9.53 Å². The molecule has 0 unspecified atom stereocenters. The van der Waals surface area contributed by atoms with Gasteiger partial charge in [-0.2, -0.15) is 0 Å². The average molecular weight is 492 g/mol. The van der Waals surface area contributed by atoms with Crippen molar-refractivity contribution in [1.82, 2.24) is 4.98 Å². The molecule has 0 saturated heterocycles. The van der Waals surface area contributed by atoms with Gasteiger partial charge in [-0.25, -0.2) is 36.1 Å². The number of halogens is 7. The Balaban J connectivity index is 2.03. The molecule has 0 aliphatic carbocycles. The molecule has 0 radical (unpaired) electrons. The largest absolute Gasteiger partial charge is 0.463 e. The zero-order chi connectivity index (χ0) is 24.3. The fraction of sp³-hybridized carbons (Fsp3) is 0.143. The summed E-state index contributed by atoms with van der Waals surface area (Å²) >= 11 is 5.93. The normalized spacial score (nSPS) is 10.8. The summed E-state index contributed by atoms with van der Waals surface area (Å²) in [6, 6.07) is 3.93. The highest BCUT2D eigenvalue weighted by atomic mass is 35.5. The van der Waals surface area contributed by atoms with Crippen molar-refractivity contribution in [2.45, 2.75) is 6.92 Å². The Kier molecular flexibility index (Phi) is 7.32. The summed E-state index contributed by atoms with van der Waals surface area (Å²) in [7, 11) is 0. The van der Waals surface area contributed by atoms with Crippen LogP contribution in [0.5, 0.6) is 17.4 Å². The van der Waals surface area contributed by atoms with Crippen LogP contribution >= 0.6 is 11.6 Å². The van der Waals surface area contributed by atoms with Crippen molar-refractivity contribution in [3.8, 4) is 28.5 Å². The average Bonchev–Trinajstić information content (AvgIpc) is 2.79. The van der Waals surface area contributed by atoms with Gasteiger partial charge in [0.1, 0.15) is 11.6 Å². The maximum atomic E-state index is 14.4. The first kappa shape index (κ1) is 24.2. The number of pyridine rings is 1. The molecule has 3 rings (SSSR count). The highest BCUT2D eigenvalue weighted by Gasteiger charge is 2.29. The second-order valence-electron chi connectivity index (χ2n) is 6.21. The van der Waals surface area contributed by atoms with E-state index in [0.717, 1.165) is 0 Å². The van der Waals surface area contributed by atoms with Crippen molar-refractivity contribution in [3.05, 3.63) is 70.4 Å². The molecule has 12 heteroatoms. The fourth-order valence-electron chi connectivity index (χ4n) is 2.65. The zero-order valence-corrected chi connectivity index (χ0v) is 17.3. The molecule has 1 heterocycles. The van der Waals surface area contributed by atoms with Crippen molar-refractivity contribution in [1.29, 1.82) is 0 Å². The van der Waals surface area contributed by atoms with Gasteiger partial charge in [-0.05, 0) is 31.2 Å². The van der Waals surface area contributed by atoms with Gasteiger partial charge in [0.15, 0.2) is 35.6 Å². The SMILES string of the molecule is CCOC(=O)COc1ncccc1Oc1cc(-c2c(F)c(F)c(F)c(F)c2F)c(F)cc1Cl. The smallest absolute Gasteiger partial charge is 0.344 e. The van der Waals surface area contributed by atoms with Gasteiger partial charge in [-0.15, -0.1) is 0 Å². The first-order valence-electron chi connectivity index (χ1n) is 9.07. The second-order valence-corrected chi connectivity index (χ2v) is 6.62. The number of carbonyl (C=O) groups excluding carboxylic acids is 1. The summed E-state index contributed by atoms with van der Waals surface area (Å²) in [5.41, 5.74) is -2.50. The van der Waals surface area contributed by atoms with Gasteiger partial charge in [0.2, 0.25) is 5.82 Å². The molecule has 2 aromatic carbocycles. The number of rotatable bonds is 7. The van der Waals surface area contributed by atoms with Gasteiger partial charge in [-0.3, -0.25) is 0 Å². The lowest BCUT2D eigenvalue weighted by Crippen LogP contribution is -2.15. The standard InChI is InChI=1S/C21H12ClF6NO4/c1-2-31-14(30)8-32-21-12(4-3-5-29-21)33-13-6-9(11(23)7-10(13)22)15-16(24)18(26)20(28)19(27)17(15)25/h3-7H,2,8H2,1H3. The summed E-state index contributed by atoms with van der Waals surface area (Å²) < 4.78 is 98.8. The van der Waals surface area contributed by atoms with Gasteiger partial charge >= 0.3 is 5.97 Å². The monoisotopic (exact) mass is 491 g/mol. The van der Waals surface area contributed by atoms with Crippen LogP contribution in [0.15, 0.2) is 30.5 Å². The van der Waals surface area contributed by atoms with Crippen LogP contribution in [-0.4, -0.2) is 24.2 Å². The van der Waals surface area contributed by atoms with E-state index in [1.165, 1.54) is 18.3 Å². The van der Waals surface area contributed by atoms with Crippen molar-refractivity contribution in [3.63, 3.8) is 0 Å². The Hall–Kier alpha value is -3.47. The molecule has 0 aliphatic rings. The summed E-state index contributed by atoms with van der Waals surface area (Å²) in [5, 5.41) is -0.402. The topological polar surface area (TPSA) is 57.7 Å². The van der Waals surface area contributed by atoms with Crippen LogP contribution in [0.2, 0.25) is 5.02 Å². The Labute approximate surface area is 187 Å². The van der Waals surface area contributed by atoms with Crippen molar-refractivity contribution in [2.75, 3.05) is 13.2 Å². The van der Waals surface area contributed by atoms with Crippen LogP contribution in [0.1, 0.15) is 6.92 Å². The summed E-state index contributed by atoms with van der Waals surface area (Å²) in [5.74, 6) is -14.2. The van der Waals surface area contributed by atoms with Gasteiger partial charge < -0.3 is 14.2 Å². The molecule has 0 fully saturated rings. The van der Waals surface area contributed by atoms with Crippen molar-refractivity contribution < 1.29 is 45.3 Å². The van der Waals surface area contributed by atoms with Gasteiger partial charge in [0.05, 0.1) is 17.2 Å². The van der Waals surface area contributed by atoms with Crippen LogP contribution < -0.4 is 9.47 Å². The third kappa shape index (κ3) is 4.98. The lowest BCUT2D eigenvalue weighted by Gasteiger charge is -2.14. The number of benzene rings is 2. The summed E-state index contributed by atoms with van der Waals surface area (Å²) in [6.45, 7) is 1.17. The van der Waals surface area contributed by atoms with Crippen LogP contribution in [0.25, 0.3) is 11.1 Å². The Morgan fingerprint density at radius 3 is 2.24 bits per heavy atom. The minimum Gasteiger partial charge on any atom is -0.463 e. The first-order valence-corrected chi connectivity index (χ1v) is 9.45. The number of ether oxygens (including phenoxy) is 3. The van der Waals surface area contributed by atoms with Crippen LogP contribution in [0.3, 0.4) is 0 Å². The van der Waals surface area contributed by atoms with E-state index in [4.69, 9.17) is 25.8 Å². The number of esters is 1. The molecule has 0 amide bonds. The Bertz CT molecular complexity index is 1190. The third-order valence-corrected chi connectivity index (χ3v) is 4.38. The Morgan fingerprint density at radius 1 is 0.970 bits per heavy atom. The minimum absolute atomic E-state index is 0.111. The predicted molar refractivity (Wildman–Crippen MR) is 103 cm³/mol. The molecule has 1 aromatic heterocycles. The highest BCUT2D eigenvalue weighted by molar-refractivity contribution is 6.32. The molecule has 3 aromatic rings. The van der Waals surface area contributed by atoms with E-state index < -0.39 is 69.4 Å². The lowest BCUT2D eigenvalue weighted by molar-refractivity contribution is -0.145. The number of hydrogen-bond donors (Lipinski definition) is 0. The van der Waals surface area contributed by atoms with E-state index in [-0.39, 0.29) is 18.2 Å². The van der Waals surface area contributed by atoms with Gasteiger partial charge in [0, 0.05) is 11.8 Å². The van der Waals surface area contributed by atoms with Crippen molar-refractivity contribution in [2.24, 2.45) is 0 Å². The molecule has 0 atom stereocenters.